The zero-order chi connectivity index (χ0) is 16.0. The first-order valence-electron chi connectivity index (χ1n) is 7.32. The third-order valence-electron chi connectivity index (χ3n) is 3.56. The van der Waals surface area contributed by atoms with E-state index in [-0.39, 0.29) is 25.3 Å². The van der Waals surface area contributed by atoms with Crippen molar-refractivity contribution in [1.29, 1.82) is 0 Å². The Morgan fingerprint density at radius 2 is 2.05 bits per heavy atom. The molecule has 0 spiro atoms. The minimum atomic E-state index is -0.922. The van der Waals surface area contributed by atoms with Crippen molar-refractivity contribution in [3.63, 3.8) is 0 Å². The number of aliphatic carboxylic acids is 1. The van der Waals surface area contributed by atoms with Gasteiger partial charge in [0.2, 0.25) is 0 Å². The number of ether oxygens (including phenoxy) is 2. The molecule has 0 aromatic rings. The standard InChI is InChI=1S/C14H26N2O5/c1-5-16(12-9-20-8-11(12)13(17)18)14(19)15(4)6-7-21-10(2)3/h10-12H,5-9H2,1-4H3,(H,17,18). The van der Waals surface area contributed by atoms with Crippen molar-refractivity contribution in [3.05, 3.63) is 0 Å². The summed E-state index contributed by atoms with van der Waals surface area (Å²) in [5.41, 5.74) is 0. The van der Waals surface area contributed by atoms with E-state index in [4.69, 9.17) is 9.47 Å². The van der Waals surface area contributed by atoms with Crippen LogP contribution >= 0.6 is 0 Å². The maximum absolute atomic E-state index is 12.5. The molecule has 0 radical (unpaired) electrons. The third-order valence-corrected chi connectivity index (χ3v) is 3.56. The van der Waals surface area contributed by atoms with Gasteiger partial charge in [-0.15, -0.1) is 0 Å². The molecule has 0 aromatic carbocycles. The van der Waals surface area contributed by atoms with E-state index >= 15 is 0 Å². The number of carboxylic acids is 1. The molecule has 1 aliphatic rings. The van der Waals surface area contributed by atoms with Crippen LogP contribution in [0.2, 0.25) is 0 Å². The summed E-state index contributed by atoms with van der Waals surface area (Å²) >= 11 is 0. The Hall–Kier alpha value is -1.34. The summed E-state index contributed by atoms with van der Waals surface area (Å²) in [6, 6.07) is -0.597. The molecule has 1 aliphatic heterocycles. The van der Waals surface area contributed by atoms with E-state index in [1.807, 2.05) is 20.8 Å². The van der Waals surface area contributed by atoms with Gasteiger partial charge in [-0.25, -0.2) is 4.79 Å². The second kappa shape index (κ2) is 8.19. The van der Waals surface area contributed by atoms with Crippen LogP contribution in [0.15, 0.2) is 0 Å². The fourth-order valence-electron chi connectivity index (χ4n) is 2.34. The van der Waals surface area contributed by atoms with Crippen LogP contribution in [0.3, 0.4) is 0 Å². The van der Waals surface area contributed by atoms with Crippen molar-refractivity contribution < 1.29 is 24.2 Å². The molecule has 2 atom stereocenters. The van der Waals surface area contributed by atoms with Gasteiger partial charge in [-0.2, -0.15) is 0 Å². The summed E-state index contributed by atoms with van der Waals surface area (Å²) < 4.78 is 10.7. The highest BCUT2D eigenvalue weighted by Crippen LogP contribution is 2.21. The minimum absolute atomic E-state index is 0.121. The maximum Gasteiger partial charge on any atom is 0.320 e. The molecular weight excluding hydrogens is 276 g/mol. The molecule has 2 amide bonds. The Balaban J connectivity index is 2.61. The summed E-state index contributed by atoms with van der Waals surface area (Å²) in [4.78, 5) is 26.8. The highest BCUT2D eigenvalue weighted by molar-refractivity contribution is 5.77. The van der Waals surface area contributed by atoms with Crippen molar-refractivity contribution >= 4 is 12.0 Å². The molecule has 0 bridgehead atoms. The Kier molecular flexibility index (Phi) is 6.91. The maximum atomic E-state index is 12.5. The van der Waals surface area contributed by atoms with Crippen molar-refractivity contribution in [2.24, 2.45) is 5.92 Å². The Bertz CT molecular complexity index is 361. The third kappa shape index (κ3) is 4.86. The predicted molar refractivity (Wildman–Crippen MR) is 77.2 cm³/mol. The van der Waals surface area contributed by atoms with E-state index in [9.17, 15) is 14.7 Å². The van der Waals surface area contributed by atoms with Gasteiger partial charge in [0, 0.05) is 20.1 Å². The van der Waals surface area contributed by atoms with Crippen LogP contribution in [0, 0.1) is 5.92 Å². The number of likely N-dealkylation sites (N-methyl/N-ethyl adjacent to an activating group) is 2. The number of amides is 2. The number of urea groups is 1. The van der Waals surface area contributed by atoms with Crippen molar-refractivity contribution in [2.45, 2.75) is 32.9 Å². The number of hydrogen-bond acceptors (Lipinski definition) is 4. The summed E-state index contributed by atoms with van der Waals surface area (Å²) in [6.07, 6.45) is 0.121. The van der Waals surface area contributed by atoms with Gasteiger partial charge in [-0.05, 0) is 20.8 Å². The van der Waals surface area contributed by atoms with Gasteiger partial charge in [-0.3, -0.25) is 4.79 Å². The lowest BCUT2D eigenvalue weighted by molar-refractivity contribution is -0.142. The second-order valence-electron chi connectivity index (χ2n) is 5.46. The Morgan fingerprint density at radius 3 is 2.57 bits per heavy atom. The fourth-order valence-corrected chi connectivity index (χ4v) is 2.34. The smallest absolute Gasteiger partial charge is 0.320 e. The molecule has 21 heavy (non-hydrogen) atoms. The van der Waals surface area contributed by atoms with Crippen LogP contribution in [0.4, 0.5) is 4.79 Å². The van der Waals surface area contributed by atoms with Crippen molar-refractivity contribution in [3.8, 4) is 0 Å². The van der Waals surface area contributed by atoms with Crippen molar-refractivity contribution in [2.75, 3.05) is 40.0 Å². The topological polar surface area (TPSA) is 79.3 Å². The van der Waals surface area contributed by atoms with E-state index in [1.165, 1.54) is 0 Å². The van der Waals surface area contributed by atoms with Gasteiger partial charge in [0.15, 0.2) is 0 Å². The van der Waals surface area contributed by atoms with Crippen LogP contribution in [-0.2, 0) is 14.3 Å². The highest BCUT2D eigenvalue weighted by atomic mass is 16.5. The quantitative estimate of drug-likeness (QED) is 0.755. The monoisotopic (exact) mass is 302 g/mol. The Morgan fingerprint density at radius 1 is 1.38 bits per heavy atom. The number of hydrogen-bond donors (Lipinski definition) is 1. The van der Waals surface area contributed by atoms with Gasteiger partial charge in [0.1, 0.15) is 5.92 Å². The molecule has 0 aliphatic carbocycles. The summed E-state index contributed by atoms with van der Waals surface area (Å²) in [5, 5.41) is 9.20. The molecular formula is C14H26N2O5. The van der Waals surface area contributed by atoms with Crippen LogP contribution in [0.5, 0.6) is 0 Å². The summed E-state index contributed by atoms with van der Waals surface area (Å²) in [5.74, 6) is -1.58. The van der Waals surface area contributed by atoms with E-state index in [2.05, 4.69) is 0 Å². The zero-order valence-corrected chi connectivity index (χ0v) is 13.2. The Labute approximate surface area is 125 Å². The van der Waals surface area contributed by atoms with E-state index < -0.39 is 17.9 Å². The van der Waals surface area contributed by atoms with Crippen LogP contribution in [-0.4, -0.2) is 79.0 Å². The van der Waals surface area contributed by atoms with E-state index in [0.717, 1.165) is 0 Å². The number of nitrogens with zero attached hydrogens (tertiary/aromatic N) is 2. The highest BCUT2D eigenvalue weighted by Gasteiger charge is 2.40. The first-order chi connectivity index (χ1) is 9.88. The lowest BCUT2D eigenvalue weighted by atomic mass is 10.0. The average molecular weight is 302 g/mol. The lowest BCUT2D eigenvalue weighted by Gasteiger charge is -2.33. The molecule has 1 N–H and O–H groups in total. The number of carbonyl (C=O) groups excluding carboxylic acids is 1. The molecule has 2 unspecified atom stereocenters. The molecule has 7 heteroatoms. The van der Waals surface area contributed by atoms with Crippen LogP contribution < -0.4 is 0 Å². The molecule has 0 aromatic heterocycles. The minimum Gasteiger partial charge on any atom is -0.481 e. The largest absolute Gasteiger partial charge is 0.481 e. The zero-order valence-electron chi connectivity index (χ0n) is 13.2. The van der Waals surface area contributed by atoms with E-state index in [0.29, 0.717) is 19.7 Å². The van der Waals surface area contributed by atoms with Gasteiger partial charge in [0.05, 0.1) is 32.0 Å². The first kappa shape index (κ1) is 17.7. The second-order valence-corrected chi connectivity index (χ2v) is 5.46. The molecule has 1 saturated heterocycles. The van der Waals surface area contributed by atoms with Crippen molar-refractivity contribution in [1.82, 2.24) is 9.80 Å². The number of rotatable bonds is 7. The summed E-state index contributed by atoms with van der Waals surface area (Å²) in [7, 11) is 1.69. The molecule has 1 fully saturated rings. The van der Waals surface area contributed by atoms with Crippen LogP contribution in [0.25, 0.3) is 0 Å². The van der Waals surface area contributed by atoms with Gasteiger partial charge < -0.3 is 24.4 Å². The molecule has 122 valence electrons. The number of carbonyl (C=O) groups is 2. The molecule has 1 heterocycles. The number of carboxylic acid groups (broad SMARTS) is 1. The first-order valence-corrected chi connectivity index (χ1v) is 7.32. The van der Waals surface area contributed by atoms with Gasteiger partial charge >= 0.3 is 12.0 Å². The fraction of sp³-hybridized carbons (Fsp3) is 0.857. The molecule has 7 nitrogen and oxygen atoms in total. The summed E-state index contributed by atoms with van der Waals surface area (Å²) in [6.45, 7) is 7.53. The van der Waals surface area contributed by atoms with E-state index in [1.54, 1.807) is 16.8 Å². The molecule has 1 rings (SSSR count). The predicted octanol–water partition coefficient (Wildman–Crippen LogP) is 0.885. The van der Waals surface area contributed by atoms with Gasteiger partial charge in [-0.1, -0.05) is 0 Å². The lowest BCUT2D eigenvalue weighted by Crippen LogP contribution is -2.51. The average Bonchev–Trinajstić information content (AvgIpc) is 2.88. The SMILES string of the molecule is CCN(C(=O)N(C)CCOC(C)C)C1COCC1C(=O)O. The normalized spacial score (nSPS) is 21.6. The van der Waals surface area contributed by atoms with Gasteiger partial charge in [0.25, 0.3) is 0 Å². The molecule has 0 saturated carbocycles. The van der Waals surface area contributed by atoms with Crippen LogP contribution in [0.1, 0.15) is 20.8 Å².